The quantitative estimate of drug-likeness (QED) is 0.437. The highest BCUT2D eigenvalue weighted by atomic mass is 16.2. The maximum atomic E-state index is 11.8. The second-order valence-electron chi connectivity index (χ2n) is 6.39. The Kier molecular flexibility index (Phi) is 3.36. The van der Waals surface area contributed by atoms with Crippen LogP contribution in [-0.2, 0) is 9.59 Å². The number of hydrogen-bond acceptors (Lipinski definition) is 4. The van der Waals surface area contributed by atoms with E-state index in [1.807, 2.05) is 48.5 Å². The molecule has 1 amide bonds. The molecule has 1 unspecified atom stereocenters. The third-order valence-electron chi connectivity index (χ3n) is 4.88. The molecule has 0 saturated heterocycles. The fourth-order valence-corrected chi connectivity index (χ4v) is 3.77. The van der Waals surface area contributed by atoms with E-state index in [1.54, 1.807) is 12.4 Å². The SMILES string of the molecule is O=CC(=O)NC1c2ccccc2-c2c(-c3nc4ccncc4[nH]3)cccc21. The topological polar surface area (TPSA) is 87.7 Å². The molecular weight excluding hydrogens is 340 g/mol. The summed E-state index contributed by atoms with van der Waals surface area (Å²) in [5.74, 6) is 0.106. The normalized spacial score (nSPS) is 14.6. The van der Waals surface area contributed by atoms with E-state index < -0.39 is 5.91 Å². The Hall–Kier alpha value is -3.80. The van der Waals surface area contributed by atoms with Gasteiger partial charge >= 0.3 is 0 Å². The number of amides is 1. The summed E-state index contributed by atoms with van der Waals surface area (Å²) in [6.45, 7) is 0. The number of nitrogens with zero attached hydrogens (tertiary/aromatic N) is 2. The summed E-state index contributed by atoms with van der Waals surface area (Å²) < 4.78 is 0. The number of fused-ring (bicyclic) bond motifs is 4. The molecule has 130 valence electrons. The van der Waals surface area contributed by atoms with Crippen LogP contribution in [0.15, 0.2) is 60.9 Å². The molecular formula is C21H14N4O2. The number of aldehydes is 1. The van der Waals surface area contributed by atoms with Gasteiger partial charge in [-0.15, -0.1) is 0 Å². The molecule has 2 N–H and O–H groups in total. The molecule has 0 saturated carbocycles. The van der Waals surface area contributed by atoms with Crippen LogP contribution in [0, 0.1) is 0 Å². The number of pyridine rings is 1. The number of hydrogen-bond donors (Lipinski definition) is 2. The number of carbonyl (C=O) groups excluding carboxylic acids is 2. The number of aromatic amines is 1. The van der Waals surface area contributed by atoms with Gasteiger partial charge < -0.3 is 10.3 Å². The van der Waals surface area contributed by atoms with Gasteiger partial charge in [0.15, 0.2) is 0 Å². The highest BCUT2D eigenvalue weighted by Crippen LogP contribution is 2.47. The number of carbonyl (C=O) groups is 2. The molecule has 5 rings (SSSR count). The van der Waals surface area contributed by atoms with Gasteiger partial charge in [0.25, 0.3) is 5.91 Å². The van der Waals surface area contributed by atoms with Crippen molar-refractivity contribution in [2.75, 3.05) is 0 Å². The average molecular weight is 354 g/mol. The van der Waals surface area contributed by atoms with E-state index in [-0.39, 0.29) is 6.04 Å². The summed E-state index contributed by atoms with van der Waals surface area (Å²) in [5, 5.41) is 2.80. The van der Waals surface area contributed by atoms with Gasteiger partial charge in [-0.2, -0.15) is 0 Å². The van der Waals surface area contributed by atoms with Crippen LogP contribution in [0.25, 0.3) is 33.5 Å². The van der Waals surface area contributed by atoms with Gasteiger partial charge in [0, 0.05) is 11.8 Å². The van der Waals surface area contributed by atoms with Gasteiger partial charge in [-0.25, -0.2) is 4.98 Å². The fraction of sp³-hybridized carbons (Fsp3) is 0.0476. The van der Waals surface area contributed by atoms with Crippen LogP contribution in [0.2, 0.25) is 0 Å². The van der Waals surface area contributed by atoms with Gasteiger partial charge in [0.1, 0.15) is 5.82 Å². The second kappa shape index (κ2) is 5.88. The van der Waals surface area contributed by atoms with Crippen molar-refractivity contribution in [2.45, 2.75) is 6.04 Å². The molecule has 0 fully saturated rings. The van der Waals surface area contributed by atoms with Crippen LogP contribution in [0.5, 0.6) is 0 Å². The molecule has 1 atom stereocenters. The van der Waals surface area contributed by atoms with E-state index in [0.717, 1.165) is 44.7 Å². The Morgan fingerprint density at radius 3 is 2.70 bits per heavy atom. The van der Waals surface area contributed by atoms with Crippen LogP contribution < -0.4 is 5.32 Å². The van der Waals surface area contributed by atoms with Crippen molar-refractivity contribution >= 4 is 23.2 Å². The molecule has 0 spiro atoms. The first-order chi connectivity index (χ1) is 13.3. The molecule has 1 aliphatic rings. The molecule has 2 aromatic carbocycles. The average Bonchev–Trinajstić information content (AvgIpc) is 3.28. The first-order valence-corrected chi connectivity index (χ1v) is 8.54. The summed E-state index contributed by atoms with van der Waals surface area (Å²) in [4.78, 5) is 34.8. The molecule has 4 aromatic rings. The zero-order valence-corrected chi connectivity index (χ0v) is 14.1. The fourth-order valence-electron chi connectivity index (χ4n) is 3.77. The number of aromatic nitrogens is 3. The van der Waals surface area contributed by atoms with Crippen molar-refractivity contribution in [3.63, 3.8) is 0 Å². The molecule has 1 aliphatic carbocycles. The van der Waals surface area contributed by atoms with E-state index in [0.29, 0.717) is 6.29 Å². The molecule has 6 heteroatoms. The maximum absolute atomic E-state index is 11.8. The summed E-state index contributed by atoms with van der Waals surface area (Å²) in [7, 11) is 0. The molecule has 0 bridgehead atoms. The molecule has 6 nitrogen and oxygen atoms in total. The Labute approximate surface area is 154 Å². The van der Waals surface area contributed by atoms with Crippen LogP contribution in [0.4, 0.5) is 0 Å². The minimum atomic E-state index is -0.636. The van der Waals surface area contributed by atoms with E-state index in [2.05, 4.69) is 15.3 Å². The van der Waals surface area contributed by atoms with Crippen LogP contribution in [0.1, 0.15) is 17.2 Å². The van der Waals surface area contributed by atoms with Crippen molar-refractivity contribution in [3.8, 4) is 22.5 Å². The smallest absolute Gasteiger partial charge is 0.284 e. The zero-order chi connectivity index (χ0) is 18.4. The first kappa shape index (κ1) is 15.5. The lowest BCUT2D eigenvalue weighted by Gasteiger charge is -2.14. The highest BCUT2D eigenvalue weighted by molar-refractivity contribution is 6.23. The standard InChI is InChI=1S/C21H14N4O2/c26-11-18(27)25-20-13-5-2-1-4-12(13)19-14(20)6-3-7-15(19)21-23-16-8-9-22-10-17(16)24-21/h1-11,20H,(H,23,24)(H,25,27). The predicted molar refractivity (Wildman–Crippen MR) is 101 cm³/mol. The number of H-pyrrole nitrogens is 1. The van der Waals surface area contributed by atoms with Crippen molar-refractivity contribution in [3.05, 3.63) is 72.1 Å². The Bertz CT molecular complexity index is 1180. The van der Waals surface area contributed by atoms with Crippen molar-refractivity contribution < 1.29 is 9.59 Å². The van der Waals surface area contributed by atoms with Crippen molar-refractivity contribution in [1.29, 1.82) is 0 Å². The first-order valence-electron chi connectivity index (χ1n) is 8.54. The number of nitrogens with one attached hydrogen (secondary N) is 2. The van der Waals surface area contributed by atoms with Crippen LogP contribution in [-0.4, -0.2) is 27.1 Å². The second-order valence-corrected chi connectivity index (χ2v) is 6.39. The summed E-state index contributed by atoms with van der Waals surface area (Å²) in [6, 6.07) is 15.3. The number of imidazole rings is 1. The molecule has 0 aliphatic heterocycles. The number of benzene rings is 2. The Morgan fingerprint density at radius 2 is 1.85 bits per heavy atom. The summed E-state index contributed by atoms with van der Waals surface area (Å²) in [6.07, 6.45) is 3.76. The van der Waals surface area contributed by atoms with Gasteiger partial charge in [-0.3, -0.25) is 14.6 Å². The zero-order valence-electron chi connectivity index (χ0n) is 14.1. The molecule has 0 radical (unpaired) electrons. The van der Waals surface area contributed by atoms with Crippen molar-refractivity contribution in [2.24, 2.45) is 0 Å². The predicted octanol–water partition coefficient (Wildman–Crippen LogP) is 3.01. The Balaban J connectivity index is 1.74. The minimum Gasteiger partial charge on any atom is -0.339 e. The molecule has 27 heavy (non-hydrogen) atoms. The lowest BCUT2D eigenvalue weighted by molar-refractivity contribution is -0.131. The largest absolute Gasteiger partial charge is 0.339 e. The van der Waals surface area contributed by atoms with Gasteiger partial charge in [-0.05, 0) is 28.3 Å². The summed E-state index contributed by atoms with van der Waals surface area (Å²) in [5.41, 5.74) is 6.60. The van der Waals surface area contributed by atoms with Crippen molar-refractivity contribution in [1.82, 2.24) is 20.3 Å². The van der Waals surface area contributed by atoms with E-state index in [9.17, 15) is 9.59 Å². The van der Waals surface area contributed by atoms with Gasteiger partial charge in [0.05, 0.1) is 23.3 Å². The number of rotatable bonds is 3. The van der Waals surface area contributed by atoms with E-state index in [4.69, 9.17) is 4.98 Å². The third-order valence-corrected chi connectivity index (χ3v) is 4.88. The van der Waals surface area contributed by atoms with Gasteiger partial charge in [0.2, 0.25) is 6.29 Å². The monoisotopic (exact) mass is 354 g/mol. The third kappa shape index (κ3) is 2.34. The lowest BCUT2D eigenvalue weighted by atomic mass is 9.99. The van der Waals surface area contributed by atoms with Crippen LogP contribution in [0.3, 0.4) is 0 Å². The Morgan fingerprint density at radius 1 is 1.04 bits per heavy atom. The minimum absolute atomic E-state index is 0.302. The summed E-state index contributed by atoms with van der Waals surface area (Å²) >= 11 is 0. The van der Waals surface area contributed by atoms with E-state index >= 15 is 0 Å². The lowest BCUT2D eigenvalue weighted by Crippen LogP contribution is -2.28. The van der Waals surface area contributed by atoms with Gasteiger partial charge in [-0.1, -0.05) is 42.5 Å². The van der Waals surface area contributed by atoms with Crippen LogP contribution >= 0.6 is 0 Å². The highest BCUT2D eigenvalue weighted by Gasteiger charge is 2.32. The molecule has 2 aromatic heterocycles. The molecule has 2 heterocycles. The maximum Gasteiger partial charge on any atom is 0.284 e. The van der Waals surface area contributed by atoms with E-state index in [1.165, 1.54) is 0 Å².